The fraction of sp³-hybridized carbons (Fsp3) is 0.333. The van der Waals surface area contributed by atoms with Crippen LogP contribution >= 0.6 is 11.6 Å². The SMILES string of the molecule is Cc1cc(Cl)ccc1OCC(=O)N1CCC(n2c(=O)[nH]c3ccccc32)CC1. The van der Waals surface area contributed by atoms with E-state index in [1.54, 1.807) is 12.1 Å². The lowest BCUT2D eigenvalue weighted by molar-refractivity contribution is -0.134. The van der Waals surface area contributed by atoms with Gasteiger partial charge in [-0.3, -0.25) is 9.36 Å². The molecular formula is C21H22ClN3O3. The van der Waals surface area contributed by atoms with E-state index in [0.717, 1.165) is 29.4 Å². The van der Waals surface area contributed by atoms with Gasteiger partial charge in [-0.15, -0.1) is 0 Å². The van der Waals surface area contributed by atoms with Gasteiger partial charge in [0.1, 0.15) is 5.75 Å². The summed E-state index contributed by atoms with van der Waals surface area (Å²) >= 11 is 5.95. The molecule has 1 amide bonds. The van der Waals surface area contributed by atoms with Crippen molar-refractivity contribution in [3.63, 3.8) is 0 Å². The summed E-state index contributed by atoms with van der Waals surface area (Å²) in [6.45, 7) is 3.12. The Morgan fingerprint density at radius 3 is 2.71 bits per heavy atom. The van der Waals surface area contributed by atoms with Gasteiger partial charge in [0.15, 0.2) is 6.61 Å². The summed E-state index contributed by atoms with van der Waals surface area (Å²) in [6.07, 6.45) is 1.49. The summed E-state index contributed by atoms with van der Waals surface area (Å²) in [5.41, 5.74) is 2.57. The second kappa shape index (κ2) is 7.72. The minimum Gasteiger partial charge on any atom is -0.483 e. The first-order valence-corrected chi connectivity index (χ1v) is 9.76. The molecule has 6 nitrogen and oxygen atoms in total. The standard InChI is InChI=1S/C21H22ClN3O3/c1-14-12-15(22)6-7-19(14)28-13-20(26)24-10-8-16(9-11-24)25-18-5-3-2-4-17(18)23-21(25)27/h2-7,12,16H,8-11,13H2,1H3,(H,23,27). The second-order valence-electron chi connectivity index (χ2n) is 7.13. The highest BCUT2D eigenvalue weighted by Gasteiger charge is 2.26. The molecule has 2 heterocycles. The second-order valence-corrected chi connectivity index (χ2v) is 7.56. The first-order valence-electron chi connectivity index (χ1n) is 9.39. The van der Waals surface area contributed by atoms with Crippen LogP contribution in [0.2, 0.25) is 5.02 Å². The van der Waals surface area contributed by atoms with Crippen molar-refractivity contribution in [2.45, 2.75) is 25.8 Å². The molecule has 1 saturated heterocycles. The third-order valence-corrected chi connectivity index (χ3v) is 5.53. The third-order valence-electron chi connectivity index (χ3n) is 5.29. The predicted octanol–water partition coefficient (Wildman–Crippen LogP) is 3.53. The zero-order chi connectivity index (χ0) is 19.7. The molecule has 146 valence electrons. The number of nitrogens with zero attached hydrogens (tertiary/aromatic N) is 2. The topological polar surface area (TPSA) is 67.3 Å². The van der Waals surface area contributed by atoms with Crippen LogP contribution in [0.3, 0.4) is 0 Å². The number of imidazole rings is 1. The van der Waals surface area contributed by atoms with Crippen LogP contribution < -0.4 is 10.4 Å². The van der Waals surface area contributed by atoms with Crippen molar-refractivity contribution in [1.29, 1.82) is 0 Å². The number of fused-ring (bicyclic) bond motifs is 1. The molecule has 7 heteroatoms. The molecule has 0 unspecified atom stereocenters. The molecular weight excluding hydrogens is 378 g/mol. The molecule has 1 N–H and O–H groups in total. The molecule has 4 rings (SSSR count). The summed E-state index contributed by atoms with van der Waals surface area (Å²) in [5.74, 6) is 0.622. The Hall–Kier alpha value is -2.73. The van der Waals surface area contributed by atoms with Crippen molar-refractivity contribution in [2.24, 2.45) is 0 Å². The molecule has 1 fully saturated rings. The highest BCUT2D eigenvalue weighted by Crippen LogP contribution is 2.25. The number of nitrogens with one attached hydrogen (secondary N) is 1. The maximum Gasteiger partial charge on any atom is 0.326 e. The summed E-state index contributed by atoms with van der Waals surface area (Å²) in [5, 5.41) is 0.644. The van der Waals surface area contributed by atoms with Gasteiger partial charge in [-0.1, -0.05) is 23.7 Å². The highest BCUT2D eigenvalue weighted by atomic mass is 35.5. The van der Waals surface area contributed by atoms with Crippen LogP contribution in [0.25, 0.3) is 11.0 Å². The number of aromatic nitrogens is 2. The quantitative estimate of drug-likeness (QED) is 0.729. The first-order chi connectivity index (χ1) is 13.5. The third kappa shape index (κ3) is 3.64. The molecule has 0 radical (unpaired) electrons. The number of rotatable bonds is 4. The van der Waals surface area contributed by atoms with E-state index in [9.17, 15) is 9.59 Å². The number of benzene rings is 2. The number of H-pyrrole nitrogens is 1. The Labute approximate surface area is 167 Å². The maximum atomic E-state index is 12.5. The number of likely N-dealkylation sites (tertiary alicyclic amines) is 1. The van der Waals surface area contributed by atoms with Crippen LogP contribution in [0.5, 0.6) is 5.75 Å². The van der Waals surface area contributed by atoms with Gasteiger partial charge in [-0.05, 0) is 55.7 Å². The van der Waals surface area contributed by atoms with Gasteiger partial charge in [0.25, 0.3) is 5.91 Å². The monoisotopic (exact) mass is 399 g/mol. The molecule has 3 aromatic rings. The van der Waals surface area contributed by atoms with Crippen LogP contribution in [-0.4, -0.2) is 40.1 Å². The Morgan fingerprint density at radius 1 is 1.21 bits per heavy atom. The van der Waals surface area contributed by atoms with Crippen LogP contribution in [0.15, 0.2) is 47.3 Å². The van der Waals surface area contributed by atoms with Crippen LogP contribution in [0.1, 0.15) is 24.4 Å². The van der Waals surface area contributed by atoms with Crippen molar-refractivity contribution < 1.29 is 9.53 Å². The smallest absolute Gasteiger partial charge is 0.326 e. The number of aryl methyl sites for hydroxylation is 1. The minimum absolute atomic E-state index is 0.000171. The molecule has 2 aromatic carbocycles. The van der Waals surface area contributed by atoms with E-state index in [2.05, 4.69) is 4.98 Å². The Morgan fingerprint density at radius 2 is 1.96 bits per heavy atom. The molecule has 0 atom stereocenters. The number of hydrogen-bond acceptors (Lipinski definition) is 3. The van der Waals surface area contributed by atoms with E-state index < -0.39 is 0 Å². The average Bonchev–Trinajstić information content (AvgIpc) is 3.03. The molecule has 28 heavy (non-hydrogen) atoms. The molecule has 0 bridgehead atoms. The molecule has 0 saturated carbocycles. The van der Waals surface area contributed by atoms with E-state index in [4.69, 9.17) is 16.3 Å². The summed E-state index contributed by atoms with van der Waals surface area (Å²) in [4.78, 5) is 29.6. The molecule has 0 spiro atoms. The molecule has 1 aromatic heterocycles. The number of aromatic amines is 1. The number of hydrogen-bond donors (Lipinski definition) is 1. The largest absolute Gasteiger partial charge is 0.483 e. The summed E-state index contributed by atoms with van der Waals surface area (Å²) < 4.78 is 7.50. The fourth-order valence-electron chi connectivity index (χ4n) is 3.82. The van der Waals surface area contributed by atoms with Gasteiger partial charge in [0, 0.05) is 24.2 Å². The maximum absolute atomic E-state index is 12.5. The Kier molecular flexibility index (Phi) is 5.13. The normalized spacial score (nSPS) is 15.1. The van der Waals surface area contributed by atoms with Gasteiger partial charge >= 0.3 is 5.69 Å². The van der Waals surface area contributed by atoms with Crippen LogP contribution in [0, 0.1) is 6.92 Å². The van der Waals surface area contributed by atoms with Crippen molar-refractivity contribution in [3.8, 4) is 5.75 Å². The number of piperidine rings is 1. The van der Waals surface area contributed by atoms with E-state index >= 15 is 0 Å². The predicted molar refractivity (Wildman–Crippen MR) is 109 cm³/mol. The number of carbonyl (C=O) groups is 1. The lowest BCUT2D eigenvalue weighted by Crippen LogP contribution is -2.42. The van der Waals surface area contributed by atoms with Gasteiger partial charge < -0.3 is 14.6 Å². The summed E-state index contributed by atoms with van der Waals surface area (Å²) in [7, 11) is 0. The van der Waals surface area contributed by atoms with Gasteiger partial charge in [-0.25, -0.2) is 4.79 Å². The van der Waals surface area contributed by atoms with E-state index in [1.807, 2.05) is 46.7 Å². The fourth-order valence-corrected chi connectivity index (χ4v) is 4.04. The first kappa shape index (κ1) is 18.6. The number of carbonyl (C=O) groups excluding carboxylic acids is 1. The van der Waals surface area contributed by atoms with E-state index in [1.165, 1.54) is 0 Å². The van der Waals surface area contributed by atoms with Crippen molar-refractivity contribution in [1.82, 2.24) is 14.5 Å². The minimum atomic E-state index is -0.0903. The molecule has 0 aliphatic carbocycles. The van der Waals surface area contributed by atoms with Gasteiger partial charge in [0.05, 0.1) is 11.0 Å². The van der Waals surface area contributed by atoms with Crippen molar-refractivity contribution >= 4 is 28.5 Å². The van der Waals surface area contributed by atoms with E-state index in [0.29, 0.717) is 23.9 Å². The average molecular weight is 400 g/mol. The number of amides is 1. The Bertz CT molecular complexity index is 1060. The summed E-state index contributed by atoms with van der Waals surface area (Å²) in [6, 6.07) is 13.1. The Balaban J connectivity index is 1.37. The number of para-hydroxylation sites is 2. The van der Waals surface area contributed by atoms with Crippen LogP contribution in [-0.2, 0) is 4.79 Å². The lowest BCUT2D eigenvalue weighted by Gasteiger charge is -2.32. The highest BCUT2D eigenvalue weighted by molar-refractivity contribution is 6.30. The lowest BCUT2D eigenvalue weighted by atomic mass is 10.0. The van der Waals surface area contributed by atoms with Crippen LogP contribution in [0.4, 0.5) is 0 Å². The van der Waals surface area contributed by atoms with Crippen molar-refractivity contribution in [2.75, 3.05) is 19.7 Å². The van der Waals surface area contributed by atoms with Crippen molar-refractivity contribution in [3.05, 3.63) is 63.5 Å². The molecule has 1 aliphatic rings. The van der Waals surface area contributed by atoms with E-state index in [-0.39, 0.29) is 24.2 Å². The zero-order valence-electron chi connectivity index (χ0n) is 15.7. The number of ether oxygens (including phenoxy) is 1. The molecule has 1 aliphatic heterocycles. The van der Waals surface area contributed by atoms with Gasteiger partial charge in [0.2, 0.25) is 0 Å². The van der Waals surface area contributed by atoms with Gasteiger partial charge in [-0.2, -0.15) is 0 Å². The zero-order valence-corrected chi connectivity index (χ0v) is 16.4. The number of halogens is 1.